The molecule has 0 aliphatic carbocycles. The summed E-state index contributed by atoms with van der Waals surface area (Å²) in [5, 5.41) is 3.28. The molecule has 0 spiro atoms. The molecule has 1 aromatic rings. The Labute approximate surface area is 105 Å². The number of Topliss-reactive ketones (excluding diaryl/α,β-unsaturated/α-hetero) is 1. The predicted octanol–water partition coefficient (Wildman–Crippen LogP) is 3.07. The van der Waals surface area contributed by atoms with Crippen molar-refractivity contribution in [3.8, 4) is 0 Å². The van der Waals surface area contributed by atoms with Crippen LogP contribution in [0.4, 0.5) is 8.78 Å². The third-order valence-electron chi connectivity index (χ3n) is 3.35. The van der Waals surface area contributed by atoms with Crippen LogP contribution in [-0.2, 0) is 0 Å². The van der Waals surface area contributed by atoms with Gasteiger partial charge in [0.2, 0.25) is 0 Å². The molecule has 2 rings (SSSR count). The van der Waals surface area contributed by atoms with Gasteiger partial charge >= 0.3 is 0 Å². The van der Waals surface area contributed by atoms with Crippen LogP contribution in [0.3, 0.4) is 0 Å². The van der Waals surface area contributed by atoms with Crippen LogP contribution in [0, 0.1) is 11.6 Å². The molecule has 1 atom stereocenters. The maximum Gasteiger partial charge on any atom is 0.169 e. The molecule has 2 nitrogen and oxygen atoms in total. The second-order valence-corrected chi connectivity index (χ2v) is 4.73. The molecule has 1 aliphatic rings. The highest BCUT2D eigenvalue weighted by Gasteiger charge is 2.20. The molecule has 0 radical (unpaired) electrons. The maximum atomic E-state index is 13.5. The fraction of sp³-hybridized carbons (Fsp3) is 0.500. The van der Waals surface area contributed by atoms with Gasteiger partial charge in [-0.3, -0.25) is 4.79 Å². The Morgan fingerprint density at radius 3 is 2.94 bits per heavy atom. The van der Waals surface area contributed by atoms with Crippen LogP contribution < -0.4 is 5.32 Å². The van der Waals surface area contributed by atoms with E-state index in [1.807, 2.05) is 0 Å². The van der Waals surface area contributed by atoms with Crippen LogP contribution in [0.5, 0.6) is 0 Å². The minimum absolute atomic E-state index is 0.0858. The summed E-state index contributed by atoms with van der Waals surface area (Å²) in [5.41, 5.74) is -0.138. The van der Waals surface area contributed by atoms with Gasteiger partial charge in [0.25, 0.3) is 0 Å². The predicted molar refractivity (Wildman–Crippen MR) is 65.6 cm³/mol. The summed E-state index contributed by atoms with van der Waals surface area (Å²) in [6, 6.07) is 3.82. The molecular formula is C14H17F2NO. The highest BCUT2D eigenvalue weighted by molar-refractivity contribution is 5.96. The average molecular weight is 253 g/mol. The van der Waals surface area contributed by atoms with Gasteiger partial charge in [-0.25, -0.2) is 8.78 Å². The number of nitrogens with one attached hydrogen (secondary N) is 1. The second-order valence-electron chi connectivity index (χ2n) is 4.73. The van der Waals surface area contributed by atoms with Crippen molar-refractivity contribution < 1.29 is 13.6 Å². The van der Waals surface area contributed by atoms with E-state index in [1.54, 1.807) is 0 Å². The van der Waals surface area contributed by atoms with Gasteiger partial charge in [0.15, 0.2) is 17.4 Å². The van der Waals surface area contributed by atoms with Gasteiger partial charge < -0.3 is 5.32 Å². The molecule has 98 valence electrons. The van der Waals surface area contributed by atoms with Crippen molar-refractivity contribution in [2.24, 2.45) is 0 Å². The number of carbonyl (C=O) groups excluding carboxylic acids is 1. The van der Waals surface area contributed by atoms with Gasteiger partial charge in [-0.2, -0.15) is 0 Å². The van der Waals surface area contributed by atoms with E-state index in [-0.39, 0.29) is 23.8 Å². The minimum Gasteiger partial charge on any atom is -0.314 e. The van der Waals surface area contributed by atoms with Crippen LogP contribution in [-0.4, -0.2) is 18.4 Å². The zero-order chi connectivity index (χ0) is 13.0. The summed E-state index contributed by atoms with van der Waals surface area (Å²) in [5.74, 6) is -2.32. The quantitative estimate of drug-likeness (QED) is 0.839. The normalized spacial score (nSPS) is 20.4. The molecule has 0 amide bonds. The number of ketones is 1. The van der Waals surface area contributed by atoms with Crippen molar-refractivity contribution in [3.05, 3.63) is 35.4 Å². The lowest BCUT2D eigenvalue weighted by Gasteiger charge is -2.14. The molecule has 1 unspecified atom stereocenters. The Morgan fingerprint density at radius 1 is 1.28 bits per heavy atom. The van der Waals surface area contributed by atoms with Crippen molar-refractivity contribution in [3.63, 3.8) is 0 Å². The van der Waals surface area contributed by atoms with Crippen LogP contribution in [0.1, 0.15) is 42.5 Å². The topological polar surface area (TPSA) is 29.1 Å². The molecule has 1 aliphatic heterocycles. The zero-order valence-corrected chi connectivity index (χ0v) is 10.2. The molecule has 0 aromatic heterocycles. The van der Waals surface area contributed by atoms with Gasteiger partial charge in [-0.1, -0.05) is 18.9 Å². The number of hydrogen-bond acceptors (Lipinski definition) is 2. The van der Waals surface area contributed by atoms with Crippen LogP contribution in [0.25, 0.3) is 0 Å². The number of rotatable bonds is 3. The highest BCUT2D eigenvalue weighted by Crippen LogP contribution is 2.17. The molecule has 0 saturated carbocycles. The first-order chi connectivity index (χ1) is 8.68. The summed E-state index contributed by atoms with van der Waals surface area (Å²) in [4.78, 5) is 12.0. The number of halogens is 2. The summed E-state index contributed by atoms with van der Waals surface area (Å²) in [7, 11) is 0. The van der Waals surface area contributed by atoms with Gasteiger partial charge in [0, 0.05) is 12.5 Å². The lowest BCUT2D eigenvalue weighted by molar-refractivity contribution is 0.0963. The second kappa shape index (κ2) is 6.05. The smallest absolute Gasteiger partial charge is 0.169 e. The van der Waals surface area contributed by atoms with Gasteiger partial charge in [0.05, 0.1) is 5.56 Å². The molecular weight excluding hydrogens is 236 g/mol. The van der Waals surface area contributed by atoms with Crippen LogP contribution in [0.2, 0.25) is 0 Å². The Kier molecular flexibility index (Phi) is 4.42. The Bertz CT molecular complexity index is 426. The van der Waals surface area contributed by atoms with Crippen molar-refractivity contribution >= 4 is 5.78 Å². The van der Waals surface area contributed by atoms with Crippen molar-refractivity contribution in [1.82, 2.24) is 5.32 Å². The van der Waals surface area contributed by atoms with E-state index >= 15 is 0 Å². The van der Waals surface area contributed by atoms with Crippen molar-refractivity contribution in [1.29, 1.82) is 0 Å². The zero-order valence-electron chi connectivity index (χ0n) is 10.2. The Balaban J connectivity index is 2.04. The molecule has 18 heavy (non-hydrogen) atoms. The Hall–Kier alpha value is -1.29. The molecule has 1 N–H and O–H groups in total. The fourth-order valence-electron chi connectivity index (χ4n) is 2.33. The number of carbonyl (C=O) groups is 1. The first-order valence-corrected chi connectivity index (χ1v) is 6.39. The summed E-state index contributed by atoms with van der Waals surface area (Å²) >= 11 is 0. The van der Waals surface area contributed by atoms with E-state index in [0.717, 1.165) is 38.3 Å². The van der Waals surface area contributed by atoms with E-state index in [9.17, 15) is 13.6 Å². The van der Waals surface area contributed by atoms with Crippen molar-refractivity contribution in [2.45, 2.75) is 38.1 Å². The first-order valence-electron chi connectivity index (χ1n) is 6.39. The lowest BCUT2D eigenvalue weighted by atomic mass is 10.00. The number of hydrogen-bond donors (Lipinski definition) is 1. The minimum atomic E-state index is -1.03. The monoisotopic (exact) mass is 253 g/mol. The standard InChI is InChI=1S/C14H17F2NO/c15-12-7-4-6-11(14(12)16)13(18)9-10-5-2-1-3-8-17-10/h4,6-7,10,17H,1-3,5,8-9H2. The van der Waals surface area contributed by atoms with E-state index in [2.05, 4.69) is 5.32 Å². The van der Waals surface area contributed by atoms with E-state index in [0.29, 0.717) is 0 Å². The van der Waals surface area contributed by atoms with Gasteiger partial charge in [-0.05, 0) is 31.5 Å². The van der Waals surface area contributed by atoms with Crippen LogP contribution in [0.15, 0.2) is 18.2 Å². The largest absolute Gasteiger partial charge is 0.314 e. The molecule has 4 heteroatoms. The third-order valence-corrected chi connectivity index (χ3v) is 3.35. The van der Waals surface area contributed by atoms with Crippen molar-refractivity contribution in [2.75, 3.05) is 6.54 Å². The lowest BCUT2D eigenvalue weighted by Crippen LogP contribution is -2.30. The van der Waals surface area contributed by atoms with E-state index in [1.165, 1.54) is 12.1 Å². The van der Waals surface area contributed by atoms with E-state index < -0.39 is 11.6 Å². The Morgan fingerprint density at radius 2 is 2.11 bits per heavy atom. The number of benzene rings is 1. The summed E-state index contributed by atoms with van der Waals surface area (Å²) < 4.78 is 26.5. The van der Waals surface area contributed by atoms with E-state index in [4.69, 9.17) is 0 Å². The highest BCUT2D eigenvalue weighted by atomic mass is 19.2. The summed E-state index contributed by atoms with van der Waals surface area (Å²) in [6.07, 6.45) is 4.50. The average Bonchev–Trinajstić information content (AvgIpc) is 2.61. The molecule has 1 fully saturated rings. The van der Waals surface area contributed by atoms with Gasteiger partial charge in [-0.15, -0.1) is 0 Å². The van der Waals surface area contributed by atoms with Gasteiger partial charge in [0.1, 0.15) is 0 Å². The maximum absolute atomic E-state index is 13.5. The van der Waals surface area contributed by atoms with Crippen LogP contribution >= 0.6 is 0 Å². The molecule has 0 bridgehead atoms. The third kappa shape index (κ3) is 3.13. The summed E-state index contributed by atoms with van der Waals surface area (Å²) in [6.45, 7) is 0.892. The SMILES string of the molecule is O=C(CC1CCCCCN1)c1cccc(F)c1F. The molecule has 1 saturated heterocycles. The first kappa shape index (κ1) is 13.1. The fourth-order valence-corrected chi connectivity index (χ4v) is 2.33. The molecule has 1 heterocycles. The molecule has 1 aromatic carbocycles.